The van der Waals surface area contributed by atoms with Crippen LogP contribution in [0.5, 0.6) is 23.0 Å². The van der Waals surface area contributed by atoms with Gasteiger partial charge in [0.25, 0.3) is 5.91 Å². The summed E-state index contributed by atoms with van der Waals surface area (Å²) in [6.45, 7) is 3.55. The van der Waals surface area contributed by atoms with Crippen LogP contribution in [0.3, 0.4) is 0 Å². The van der Waals surface area contributed by atoms with Crippen LogP contribution in [0.15, 0.2) is 72.8 Å². The standard InChI is InChI=1S/C26H29NO5/c1-4-30-25-18-20(26(28)27(2)19-21-10-8-9-13-23(21)29-3)14-15-24(25)32-17-16-31-22-11-6-5-7-12-22/h5-15,18H,4,16-17,19H2,1-3H3. The van der Waals surface area contributed by atoms with E-state index in [1.165, 1.54) is 0 Å². The first-order valence-electron chi connectivity index (χ1n) is 10.6. The molecular formula is C26H29NO5. The van der Waals surface area contributed by atoms with Crippen molar-refractivity contribution in [2.24, 2.45) is 0 Å². The van der Waals surface area contributed by atoms with Gasteiger partial charge >= 0.3 is 0 Å². The van der Waals surface area contributed by atoms with Crippen LogP contribution in [0.1, 0.15) is 22.8 Å². The van der Waals surface area contributed by atoms with Crippen LogP contribution in [-0.4, -0.2) is 44.8 Å². The van der Waals surface area contributed by atoms with E-state index in [1.807, 2.05) is 61.5 Å². The van der Waals surface area contributed by atoms with Crippen molar-refractivity contribution in [1.82, 2.24) is 4.90 Å². The Balaban J connectivity index is 1.64. The van der Waals surface area contributed by atoms with Crippen molar-refractivity contribution in [2.75, 3.05) is 34.0 Å². The van der Waals surface area contributed by atoms with Gasteiger partial charge < -0.3 is 23.8 Å². The highest BCUT2D eigenvalue weighted by molar-refractivity contribution is 5.94. The molecule has 0 bridgehead atoms. The normalized spacial score (nSPS) is 10.3. The Hall–Kier alpha value is -3.67. The van der Waals surface area contributed by atoms with E-state index in [0.717, 1.165) is 17.1 Å². The van der Waals surface area contributed by atoms with Crippen LogP contribution >= 0.6 is 0 Å². The van der Waals surface area contributed by atoms with Gasteiger partial charge in [0.1, 0.15) is 24.7 Å². The summed E-state index contributed by atoms with van der Waals surface area (Å²) in [7, 11) is 3.39. The monoisotopic (exact) mass is 435 g/mol. The summed E-state index contributed by atoms with van der Waals surface area (Å²) in [5, 5.41) is 0. The minimum atomic E-state index is -0.115. The fourth-order valence-corrected chi connectivity index (χ4v) is 3.24. The molecule has 0 heterocycles. The van der Waals surface area contributed by atoms with E-state index >= 15 is 0 Å². The van der Waals surface area contributed by atoms with E-state index < -0.39 is 0 Å². The number of benzene rings is 3. The largest absolute Gasteiger partial charge is 0.496 e. The molecule has 0 radical (unpaired) electrons. The van der Waals surface area contributed by atoms with Crippen LogP contribution in [0.2, 0.25) is 0 Å². The van der Waals surface area contributed by atoms with Crippen LogP contribution in [0.4, 0.5) is 0 Å². The number of para-hydroxylation sites is 2. The molecule has 0 fully saturated rings. The molecular weight excluding hydrogens is 406 g/mol. The maximum Gasteiger partial charge on any atom is 0.254 e. The fourth-order valence-electron chi connectivity index (χ4n) is 3.24. The molecule has 0 aromatic heterocycles. The topological polar surface area (TPSA) is 57.2 Å². The molecule has 3 aromatic carbocycles. The second kappa shape index (κ2) is 11.6. The molecule has 0 saturated carbocycles. The Bertz CT molecular complexity index is 1010. The lowest BCUT2D eigenvalue weighted by Crippen LogP contribution is -2.26. The molecule has 3 rings (SSSR count). The Morgan fingerprint density at radius 1 is 0.812 bits per heavy atom. The SMILES string of the molecule is CCOc1cc(C(=O)N(C)Cc2ccccc2OC)ccc1OCCOc1ccccc1. The number of nitrogens with zero attached hydrogens (tertiary/aromatic N) is 1. The molecule has 0 spiro atoms. The maximum absolute atomic E-state index is 13.0. The summed E-state index contributed by atoms with van der Waals surface area (Å²) in [4.78, 5) is 14.7. The van der Waals surface area contributed by atoms with Crippen molar-refractivity contribution in [3.05, 3.63) is 83.9 Å². The zero-order valence-corrected chi connectivity index (χ0v) is 18.7. The lowest BCUT2D eigenvalue weighted by Gasteiger charge is -2.20. The number of rotatable bonds is 11. The average Bonchev–Trinajstić information content (AvgIpc) is 2.83. The highest BCUT2D eigenvalue weighted by Crippen LogP contribution is 2.29. The Morgan fingerprint density at radius 3 is 2.28 bits per heavy atom. The fraction of sp³-hybridized carbons (Fsp3) is 0.269. The molecule has 0 unspecified atom stereocenters. The molecule has 3 aromatic rings. The summed E-state index contributed by atoms with van der Waals surface area (Å²) in [5.74, 6) is 2.54. The third kappa shape index (κ3) is 6.17. The molecule has 168 valence electrons. The molecule has 6 nitrogen and oxygen atoms in total. The summed E-state index contributed by atoms with van der Waals surface area (Å²) in [6, 6.07) is 22.5. The van der Waals surface area contributed by atoms with Gasteiger partial charge in [-0.3, -0.25) is 4.79 Å². The minimum Gasteiger partial charge on any atom is -0.496 e. The first-order chi connectivity index (χ1) is 15.6. The van der Waals surface area contributed by atoms with Gasteiger partial charge in [0.2, 0.25) is 0 Å². The molecule has 6 heteroatoms. The minimum absolute atomic E-state index is 0.115. The van der Waals surface area contributed by atoms with Crippen LogP contribution in [-0.2, 0) is 6.54 Å². The predicted molar refractivity (Wildman–Crippen MR) is 124 cm³/mol. The quantitative estimate of drug-likeness (QED) is 0.404. The number of methoxy groups -OCH3 is 1. The maximum atomic E-state index is 13.0. The molecule has 0 aliphatic heterocycles. The van der Waals surface area contributed by atoms with Crippen LogP contribution in [0, 0.1) is 0 Å². The Labute approximate surface area is 189 Å². The molecule has 1 amide bonds. The molecule has 0 aliphatic rings. The molecule has 0 N–H and O–H groups in total. The van der Waals surface area contributed by atoms with E-state index in [0.29, 0.717) is 43.4 Å². The highest BCUT2D eigenvalue weighted by atomic mass is 16.5. The first-order valence-corrected chi connectivity index (χ1v) is 10.6. The van der Waals surface area contributed by atoms with Gasteiger partial charge in [0.05, 0.1) is 13.7 Å². The third-order valence-corrected chi connectivity index (χ3v) is 4.79. The molecule has 0 aliphatic carbocycles. The number of ether oxygens (including phenoxy) is 4. The lowest BCUT2D eigenvalue weighted by atomic mass is 10.1. The van der Waals surface area contributed by atoms with E-state index in [1.54, 1.807) is 37.3 Å². The number of amides is 1. The smallest absolute Gasteiger partial charge is 0.254 e. The summed E-state index contributed by atoms with van der Waals surface area (Å²) < 4.78 is 22.6. The van der Waals surface area contributed by atoms with Gasteiger partial charge in [-0.15, -0.1) is 0 Å². The Morgan fingerprint density at radius 2 is 1.53 bits per heavy atom. The third-order valence-electron chi connectivity index (χ3n) is 4.79. The van der Waals surface area contributed by atoms with Crippen molar-refractivity contribution in [3.8, 4) is 23.0 Å². The second-order valence-electron chi connectivity index (χ2n) is 7.08. The van der Waals surface area contributed by atoms with Crippen molar-refractivity contribution in [3.63, 3.8) is 0 Å². The van der Waals surface area contributed by atoms with E-state index in [2.05, 4.69) is 0 Å². The van der Waals surface area contributed by atoms with Gasteiger partial charge in [-0.2, -0.15) is 0 Å². The summed E-state index contributed by atoms with van der Waals surface area (Å²) in [6.07, 6.45) is 0. The van der Waals surface area contributed by atoms with E-state index in [9.17, 15) is 4.79 Å². The van der Waals surface area contributed by atoms with Crippen molar-refractivity contribution < 1.29 is 23.7 Å². The zero-order chi connectivity index (χ0) is 22.8. The summed E-state index contributed by atoms with van der Waals surface area (Å²) >= 11 is 0. The highest BCUT2D eigenvalue weighted by Gasteiger charge is 2.17. The van der Waals surface area contributed by atoms with Gasteiger partial charge in [-0.25, -0.2) is 0 Å². The second-order valence-corrected chi connectivity index (χ2v) is 7.08. The van der Waals surface area contributed by atoms with E-state index in [-0.39, 0.29) is 5.91 Å². The predicted octanol–water partition coefficient (Wildman–Crippen LogP) is 4.82. The van der Waals surface area contributed by atoms with E-state index in [4.69, 9.17) is 18.9 Å². The van der Waals surface area contributed by atoms with Crippen LogP contribution in [0.25, 0.3) is 0 Å². The van der Waals surface area contributed by atoms with Gasteiger partial charge in [-0.05, 0) is 43.3 Å². The van der Waals surface area contributed by atoms with Crippen LogP contribution < -0.4 is 18.9 Å². The molecule has 0 atom stereocenters. The number of hydrogen-bond donors (Lipinski definition) is 0. The van der Waals surface area contributed by atoms with Gasteiger partial charge in [-0.1, -0.05) is 36.4 Å². The summed E-state index contributed by atoms with van der Waals surface area (Å²) in [5.41, 5.74) is 1.47. The molecule has 0 saturated heterocycles. The average molecular weight is 436 g/mol. The Kier molecular flexibility index (Phi) is 8.37. The van der Waals surface area contributed by atoms with Gasteiger partial charge in [0, 0.05) is 24.7 Å². The number of hydrogen-bond acceptors (Lipinski definition) is 5. The zero-order valence-electron chi connectivity index (χ0n) is 18.7. The van der Waals surface area contributed by atoms with Crippen molar-refractivity contribution >= 4 is 5.91 Å². The van der Waals surface area contributed by atoms with Crippen molar-refractivity contribution in [2.45, 2.75) is 13.5 Å². The van der Waals surface area contributed by atoms with Gasteiger partial charge in [0.15, 0.2) is 11.5 Å². The number of carbonyl (C=O) groups excluding carboxylic acids is 1. The first kappa shape index (κ1) is 23.0. The van der Waals surface area contributed by atoms with Crippen molar-refractivity contribution in [1.29, 1.82) is 0 Å². The molecule has 32 heavy (non-hydrogen) atoms. The lowest BCUT2D eigenvalue weighted by molar-refractivity contribution is 0.0783. The number of carbonyl (C=O) groups is 1.